The van der Waals surface area contributed by atoms with E-state index < -0.39 is 10.0 Å². The first kappa shape index (κ1) is 17.8. The van der Waals surface area contributed by atoms with Gasteiger partial charge in [0.1, 0.15) is 0 Å². The lowest BCUT2D eigenvalue weighted by atomic mass is 10.1. The zero-order valence-electron chi connectivity index (χ0n) is 13.7. The van der Waals surface area contributed by atoms with Gasteiger partial charge in [0.2, 0.25) is 21.8 Å². The van der Waals surface area contributed by atoms with Gasteiger partial charge in [-0.3, -0.25) is 0 Å². The Morgan fingerprint density at radius 3 is 2.32 bits per heavy atom. The summed E-state index contributed by atoms with van der Waals surface area (Å²) in [5.41, 5.74) is 1.92. The Balaban J connectivity index is 1.78. The summed E-state index contributed by atoms with van der Waals surface area (Å²) in [4.78, 5) is 0.205. The second kappa shape index (κ2) is 7.07. The van der Waals surface area contributed by atoms with Crippen molar-refractivity contribution in [2.75, 3.05) is 7.05 Å². The predicted octanol–water partition coefficient (Wildman–Crippen LogP) is 3.63. The van der Waals surface area contributed by atoms with E-state index in [4.69, 9.17) is 4.42 Å². The largest absolute Gasteiger partial charge is 0.419 e. The highest BCUT2D eigenvalue weighted by Gasteiger charge is 2.23. The molecule has 2 aromatic carbocycles. The molecule has 0 unspecified atom stereocenters. The van der Waals surface area contributed by atoms with Gasteiger partial charge in [-0.25, -0.2) is 8.42 Å². The smallest absolute Gasteiger partial charge is 0.247 e. The zero-order valence-corrected chi connectivity index (χ0v) is 16.1. The van der Waals surface area contributed by atoms with Crippen LogP contribution >= 0.6 is 15.9 Å². The van der Waals surface area contributed by atoms with Crippen molar-refractivity contribution in [1.82, 2.24) is 14.5 Å². The Labute approximate surface area is 154 Å². The van der Waals surface area contributed by atoms with Gasteiger partial charge in [0.25, 0.3) is 0 Å². The summed E-state index contributed by atoms with van der Waals surface area (Å²) in [6.07, 6.45) is 0. The molecule has 0 saturated carbocycles. The SMILES string of the molecule is Cc1ccc(-c2nnc(CN(C)S(=O)(=O)c3ccc(Br)cc3)o2)cc1. The van der Waals surface area contributed by atoms with Crippen LogP contribution in [0.15, 0.2) is 62.3 Å². The Bertz CT molecular complexity index is 967. The van der Waals surface area contributed by atoms with Crippen LogP contribution in [-0.2, 0) is 16.6 Å². The molecule has 25 heavy (non-hydrogen) atoms. The summed E-state index contributed by atoms with van der Waals surface area (Å²) in [5.74, 6) is 0.600. The average Bonchev–Trinajstić information content (AvgIpc) is 3.04. The van der Waals surface area contributed by atoms with Crippen LogP contribution in [0.5, 0.6) is 0 Å². The van der Waals surface area contributed by atoms with E-state index in [0.29, 0.717) is 5.89 Å². The lowest BCUT2D eigenvalue weighted by Gasteiger charge is -2.15. The molecule has 1 aromatic heterocycles. The fourth-order valence-corrected chi connectivity index (χ4v) is 3.58. The lowest BCUT2D eigenvalue weighted by Crippen LogP contribution is -2.26. The van der Waals surface area contributed by atoms with Gasteiger partial charge in [-0.2, -0.15) is 4.31 Å². The van der Waals surface area contributed by atoms with E-state index >= 15 is 0 Å². The highest BCUT2D eigenvalue weighted by Crippen LogP contribution is 2.21. The Kier molecular flexibility index (Phi) is 5.03. The van der Waals surface area contributed by atoms with Gasteiger partial charge in [-0.15, -0.1) is 10.2 Å². The number of hydrogen-bond acceptors (Lipinski definition) is 5. The molecule has 6 nitrogen and oxygen atoms in total. The molecule has 0 saturated heterocycles. The van der Waals surface area contributed by atoms with E-state index in [-0.39, 0.29) is 17.3 Å². The summed E-state index contributed by atoms with van der Waals surface area (Å²) >= 11 is 3.29. The summed E-state index contributed by atoms with van der Waals surface area (Å²) in [6.45, 7) is 1.99. The number of nitrogens with zero attached hydrogens (tertiary/aromatic N) is 3. The van der Waals surface area contributed by atoms with Gasteiger partial charge in [-0.05, 0) is 43.3 Å². The van der Waals surface area contributed by atoms with Gasteiger partial charge in [0.05, 0.1) is 11.4 Å². The minimum Gasteiger partial charge on any atom is -0.419 e. The molecule has 0 aliphatic heterocycles. The molecule has 0 aliphatic carbocycles. The van der Waals surface area contributed by atoms with E-state index in [0.717, 1.165) is 15.6 Å². The van der Waals surface area contributed by atoms with E-state index in [9.17, 15) is 8.42 Å². The molecule has 3 aromatic rings. The van der Waals surface area contributed by atoms with Crippen molar-refractivity contribution >= 4 is 26.0 Å². The highest BCUT2D eigenvalue weighted by molar-refractivity contribution is 9.10. The standard InChI is InChI=1S/C17H16BrN3O3S/c1-12-3-5-13(6-4-12)17-20-19-16(24-17)11-21(2)25(22,23)15-9-7-14(18)8-10-15/h3-10H,11H2,1-2H3. The first-order valence-corrected chi connectivity index (χ1v) is 9.71. The van der Waals surface area contributed by atoms with Crippen LogP contribution in [-0.4, -0.2) is 30.0 Å². The van der Waals surface area contributed by atoms with Crippen LogP contribution in [0.3, 0.4) is 0 Å². The molecule has 8 heteroatoms. The summed E-state index contributed by atoms with van der Waals surface area (Å²) in [5, 5.41) is 7.94. The van der Waals surface area contributed by atoms with E-state index in [1.165, 1.54) is 11.4 Å². The zero-order chi connectivity index (χ0) is 18.0. The van der Waals surface area contributed by atoms with Crippen LogP contribution in [0.2, 0.25) is 0 Å². The maximum atomic E-state index is 12.6. The third kappa shape index (κ3) is 3.97. The molecule has 3 rings (SSSR count). The Morgan fingerprint density at radius 1 is 1.04 bits per heavy atom. The third-order valence-electron chi connectivity index (χ3n) is 3.65. The number of aryl methyl sites for hydroxylation is 1. The minimum absolute atomic E-state index is 0.00272. The highest BCUT2D eigenvalue weighted by atomic mass is 79.9. The van der Waals surface area contributed by atoms with Crippen molar-refractivity contribution in [1.29, 1.82) is 0 Å². The Morgan fingerprint density at radius 2 is 1.68 bits per heavy atom. The average molecular weight is 422 g/mol. The number of benzene rings is 2. The first-order valence-electron chi connectivity index (χ1n) is 7.47. The van der Waals surface area contributed by atoms with Crippen molar-refractivity contribution in [2.24, 2.45) is 0 Å². The predicted molar refractivity (Wildman–Crippen MR) is 97.3 cm³/mol. The van der Waals surface area contributed by atoms with E-state index in [2.05, 4.69) is 26.1 Å². The molecule has 0 aliphatic rings. The molecule has 0 fully saturated rings. The van der Waals surface area contributed by atoms with Gasteiger partial charge in [0.15, 0.2) is 0 Å². The van der Waals surface area contributed by atoms with Crippen molar-refractivity contribution in [3.63, 3.8) is 0 Å². The van der Waals surface area contributed by atoms with Gasteiger partial charge >= 0.3 is 0 Å². The molecule has 0 atom stereocenters. The van der Waals surface area contributed by atoms with Crippen molar-refractivity contribution in [3.05, 3.63) is 64.5 Å². The monoisotopic (exact) mass is 421 g/mol. The summed E-state index contributed by atoms with van der Waals surface area (Å²) in [7, 11) is -2.15. The second-order valence-corrected chi connectivity index (χ2v) is 8.54. The Hall–Kier alpha value is -2.03. The number of sulfonamides is 1. The number of hydrogen-bond donors (Lipinski definition) is 0. The third-order valence-corrected chi connectivity index (χ3v) is 5.99. The van der Waals surface area contributed by atoms with E-state index in [1.807, 2.05) is 31.2 Å². The van der Waals surface area contributed by atoms with Crippen LogP contribution < -0.4 is 0 Å². The topological polar surface area (TPSA) is 76.3 Å². The second-order valence-electron chi connectivity index (χ2n) is 5.58. The van der Waals surface area contributed by atoms with Crippen LogP contribution in [0.4, 0.5) is 0 Å². The molecule has 0 amide bonds. The summed E-state index contributed by atoms with van der Waals surface area (Å²) < 4.78 is 32.8. The fourth-order valence-electron chi connectivity index (χ4n) is 2.19. The van der Waals surface area contributed by atoms with Crippen molar-refractivity contribution in [2.45, 2.75) is 18.4 Å². The molecule has 0 radical (unpaired) electrons. The molecular weight excluding hydrogens is 406 g/mol. The lowest BCUT2D eigenvalue weighted by molar-refractivity contribution is 0.400. The molecule has 130 valence electrons. The number of halogens is 1. The summed E-state index contributed by atoms with van der Waals surface area (Å²) in [6, 6.07) is 14.1. The van der Waals surface area contributed by atoms with Crippen LogP contribution in [0.1, 0.15) is 11.5 Å². The van der Waals surface area contributed by atoms with Crippen LogP contribution in [0.25, 0.3) is 11.5 Å². The normalized spacial score (nSPS) is 11.8. The quantitative estimate of drug-likeness (QED) is 0.628. The van der Waals surface area contributed by atoms with Crippen LogP contribution in [0, 0.1) is 6.92 Å². The van der Waals surface area contributed by atoms with Crippen molar-refractivity contribution in [3.8, 4) is 11.5 Å². The first-order chi connectivity index (χ1) is 11.9. The van der Waals surface area contributed by atoms with Crippen molar-refractivity contribution < 1.29 is 12.8 Å². The fraction of sp³-hybridized carbons (Fsp3) is 0.176. The molecular formula is C17H16BrN3O3S. The number of rotatable bonds is 5. The maximum absolute atomic E-state index is 12.6. The molecule has 0 bridgehead atoms. The minimum atomic E-state index is -3.63. The van der Waals surface area contributed by atoms with Gasteiger partial charge in [-0.1, -0.05) is 33.6 Å². The number of aromatic nitrogens is 2. The molecule has 0 N–H and O–H groups in total. The molecule has 0 spiro atoms. The van der Waals surface area contributed by atoms with Gasteiger partial charge < -0.3 is 4.42 Å². The van der Waals surface area contributed by atoms with E-state index in [1.54, 1.807) is 24.3 Å². The maximum Gasteiger partial charge on any atom is 0.247 e. The van der Waals surface area contributed by atoms with Gasteiger partial charge in [0, 0.05) is 17.1 Å². The molecule has 1 heterocycles.